The fourth-order valence-electron chi connectivity index (χ4n) is 3.05. The molecule has 1 saturated carbocycles. The number of hydrogen-bond donors (Lipinski definition) is 0. The second-order valence-corrected chi connectivity index (χ2v) is 6.84. The van der Waals surface area contributed by atoms with E-state index in [9.17, 15) is 0 Å². The predicted molar refractivity (Wildman–Crippen MR) is 85.0 cm³/mol. The highest BCUT2D eigenvalue weighted by Crippen LogP contribution is 2.37. The van der Waals surface area contributed by atoms with E-state index in [1.54, 1.807) is 0 Å². The third kappa shape index (κ3) is 4.83. The molecule has 1 aliphatic carbocycles. The average Bonchev–Trinajstić information content (AvgIpc) is 2.46. The zero-order valence-electron chi connectivity index (χ0n) is 11.9. The highest BCUT2D eigenvalue weighted by Gasteiger charge is 2.27. The lowest BCUT2D eigenvalue weighted by Gasteiger charge is -2.32. The van der Waals surface area contributed by atoms with Gasteiger partial charge in [0.15, 0.2) is 0 Å². The Labute approximate surface area is 125 Å². The van der Waals surface area contributed by atoms with Crippen molar-refractivity contribution in [1.82, 2.24) is 0 Å². The molecule has 3 unspecified atom stereocenters. The zero-order chi connectivity index (χ0) is 13.5. The van der Waals surface area contributed by atoms with Crippen molar-refractivity contribution in [2.24, 2.45) is 11.8 Å². The second-order valence-electron chi connectivity index (χ2n) is 5.67. The topological polar surface area (TPSA) is 9.23 Å². The maximum atomic E-state index is 5.77. The molecule has 0 amide bonds. The molecule has 0 aromatic heterocycles. The molecule has 2 heteroatoms. The van der Waals surface area contributed by atoms with E-state index in [-0.39, 0.29) is 0 Å². The Bertz CT molecular complexity index is 352. The molecule has 0 saturated heterocycles. The monoisotopic (exact) mass is 324 g/mol. The van der Waals surface area contributed by atoms with Gasteiger partial charge < -0.3 is 4.74 Å². The van der Waals surface area contributed by atoms with E-state index in [0.29, 0.717) is 0 Å². The van der Waals surface area contributed by atoms with Crippen LogP contribution in [0.3, 0.4) is 0 Å². The maximum absolute atomic E-state index is 5.77. The van der Waals surface area contributed by atoms with Crippen molar-refractivity contribution in [3.8, 4) is 5.75 Å². The highest BCUT2D eigenvalue weighted by molar-refractivity contribution is 9.09. The van der Waals surface area contributed by atoms with Gasteiger partial charge in [-0.3, -0.25) is 0 Å². The van der Waals surface area contributed by atoms with Crippen molar-refractivity contribution in [3.63, 3.8) is 0 Å². The molecular formula is C17H25BrO. The third-order valence-corrected chi connectivity index (χ3v) is 5.51. The van der Waals surface area contributed by atoms with Gasteiger partial charge >= 0.3 is 0 Å². The van der Waals surface area contributed by atoms with Crippen LogP contribution >= 0.6 is 15.9 Å². The maximum Gasteiger partial charge on any atom is 0.119 e. The second kappa shape index (κ2) is 7.94. The quantitative estimate of drug-likeness (QED) is 0.500. The molecule has 1 fully saturated rings. The first-order valence-electron chi connectivity index (χ1n) is 7.61. The number of para-hydroxylation sites is 1. The van der Waals surface area contributed by atoms with Gasteiger partial charge in [-0.15, -0.1) is 0 Å². The first-order chi connectivity index (χ1) is 9.29. The molecule has 0 spiro atoms. The van der Waals surface area contributed by atoms with Gasteiger partial charge in [0, 0.05) is 4.83 Å². The minimum absolute atomic E-state index is 0.729. The standard InChI is InChI=1S/C17H25BrO/c1-2-14-10-11-17(18)15(13-14)7-6-12-19-16-8-4-3-5-9-16/h3-5,8-9,14-15,17H,2,6-7,10-13H2,1H3. The third-order valence-electron chi connectivity index (χ3n) is 4.31. The largest absolute Gasteiger partial charge is 0.494 e. The molecule has 0 heterocycles. The molecule has 1 aromatic carbocycles. The lowest BCUT2D eigenvalue weighted by molar-refractivity contribution is 0.235. The molecule has 0 N–H and O–H groups in total. The van der Waals surface area contributed by atoms with Crippen LogP contribution in [0.4, 0.5) is 0 Å². The van der Waals surface area contributed by atoms with Gasteiger partial charge in [-0.2, -0.15) is 0 Å². The Balaban J connectivity index is 1.67. The number of ether oxygens (including phenoxy) is 1. The average molecular weight is 325 g/mol. The van der Waals surface area contributed by atoms with Gasteiger partial charge in [-0.05, 0) is 56.1 Å². The molecule has 19 heavy (non-hydrogen) atoms. The van der Waals surface area contributed by atoms with Gasteiger partial charge in [-0.25, -0.2) is 0 Å². The molecular weight excluding hydrogens is 300 g/mol. The van der Waals surface area contributed by atoms with E-state index >= 15 is 0 Å². The van der Waals surface area contributed by atoms with Crippen LogP contribution in [0.25, 0.3) is 0 Å². The Hall–Kier alpha value is -0.500. The number of hydrogen-bond acceptors (Lipinski definition) is 1. The van der Waals surface area contributed by atoms with Gasteiger partial charge in [0.05, 0.1) is 6.61 Å². The molecule has 1 aliphatic rings. The molecule has 1 aromatic rings. The van der Waals surface area contributed by atoms with Crippen LogP contribution in [0.1, 0.15) is 45.4 Å². The van der Waals surface area contributed by atoms with Crippen LogP contribution in [0.15, 0.2) is 30.3 Å². The summed E-state index contributed by atoms with van der Waals surface area (Å²) in [6.07, 6.45) is 7.96. The summed E-state index contributed by atoms with van der Waals surface area (Å²) in [6.45, 7) is 3.17. The first-order valence-corrected chi connectivity index (χ1v) is 8.53. The Morgan fingerprint density at radius 1 is 1.21 bits per heavy atom. The van der Waals surface area contributed by atoms with E-state index in [2.05, 4.69) is 22.9 Å². The summed E-state index contributed by atoms with van der Waals surface area (Å²) >= 11 is 3.87. The summed E-state index contributed by atoms with van der Waals surface area (Å²) < 4.78 is 5.77. The fraction of sp³-hybridized carbons (Fsp3) is 0.647. The van der Waals surface area contributed by atoms with Gasteiger partial charge in [0.2, 0.25) is 0 Å². The lowest BCUT2D eigenvalue weighted by Crippen LogP contribution is -2.25. The summed E-state index contributed by atoms with van der Waals surface area (Å²) in [6, 6.07) is 10.1. The molecule has 1 nitrogen and oxygen atoms in total. The van der Waals surface area contributed by atoms with Gasteiger partial charge in [0.1, 0.15) is 5.75 Å². The van der Waals surface area contributed by atoms with Crippen molar-refractivity contribution >= 4 is 15.9 Å². The Morgan fingerprint density at radius 2 is 2.00 bits per heavy atom. The minimum atomic E-state index is 0.729. The van der Waals surface area contributed by atoms with Crippen molar-refractivity contribution in [1.29, 1.82) is 0 Å². The van der Waals surface area contributed by atoms with Crippen LogP contribution in [0.5, 0.6) is 5.75 Å². The fourth-order valence-corrected chi connectivity index (χ4v) is 3.79. The summed E-state index contributed by atoms with van der Waals surface area (Å²) in [5.74, 6) is 2.79. The molecule has 106 valence electrons. The van der Waals surface area contributed by atoms with Crippen LogP contribution in [-0.2, 0) is 0 Å². The summed E-state index contributed by atoms with van der Waals surface area (Å²) in [5.41, 5.74) is 0. The predicted octanol–water partition coefficient (Wildman–Crippen LogP) is 5.44. The van der Waals surface area contributed by atoms with Gasteiger partial charge in [-0.1, -0.05) is 47.5 Å². The number of benzene rings is 1. The smallest absolute Gasteiger partial charge is 0.119 e. The van der Waals surface area contributed by atoms with E-state index in [4.69, 9.17) is 4.74 Å². The first kappa shape index (κ1) is 14.9. The van der Waals surface area contributed by atoms with E-state index < -0.39 is 0 Å². The Kier molecular flexibility index (Phi) is 6.22. The van der Waals surface area contributed by atoms with Gasteiger partial charge in [0.25, 0.3) is 0 Å². The molecule has 3 atom stereocenters. The molecule has 0 aliphatic heterocycles. The SMILES string of the molecule is CCC1CCC(Br)C(CCCOc2ccccc2)C1. The van der Waals surface area contributed by atoms with Crippen LogP contribution in [-0.4, -0.2) is 11.4 Å². The van der Waals surface area contributed by atoms with E-state index in [1.807, 2.05) is 30.3 Å². The highest BCUT2D eigenvalue weighted by atomic mass is 79.9. The Morgan fingerprint density at radius 3 is 2.74 bits per heavy atom. The molecule has 2 rings (SSSR count). The van der Waals surface area contributed by atoms with Crippen LogP contribution in [0.2, 0.25) is 0 Å². The van der Waals surface area contributed by atoms with Crippen molar-refractivity contribution < 1.29 is 4.74 Å². The molecule has 0 bridgehead atoms. The van der Waals surface area contributed by atoms with E-state index in [1.165, 1.54) is 32.1 Å². The zero-order valence-corrected chi connectivity index (χ0v) is 13.4. The minimum Gasteiger partial charge on any atom is -0.494 e. The number of rotatable bonds is 6. The van der Waals surface area contributed by atoms with Crippen LogP contribution < -0.4 is 4.74 Å². The molecule has 0 radical (unpaired) electrons. The lowest BCUT2D eigenvalue weighted by atomic mass is 9.78. The number of alkyl halides is 1. The van der Waals surface area contributed by atoms with Crippen molar-refractivity contribution in [2.45, 2.75) is 50.3 Å². The summed E-state index contributed by atoms with van der Waals surface area (Å²) in [7, 11) is 0. The number of halogens is 1. The summed E-state index contributed by atoms with van der Waals surface area (Å²) in [4.78, 5) is 0.729. The summed E-state index contributed by atoms with van der Waals surface area (Å²) in [5, 5.41) is 0. The normalized spacial score (nSPS) is 27.2. The van der Waals surface area contributed by atoms with Crippen molar-refractivity contribution in [3.05, 3.63) is 30.3 Å². The van der Waals surface area contributed by atoms with Crippen molar-refractivity contribution in [2.75, 3.05) is 6.61 Å². The van der Waals surface area contributed by atoms with E-state index in [0.717, 1.165) is 35.4 Å². The van der Waals surface area contributed by atoms with Crippen LogP contribution in [0, 0.1) is 11.8 Å².